The van der Waals surface area contributed by atoms with Crippen molar-refractivity contribution in [3.8, 4) is 0 Å². The van der Waals surface area contributed by atoms with Gasteiger partial charge in [-0.15, -0.1) is 10.2 Å². The molecule has 0 aliphatic carbocycles. The third-order valence-electron chi connectivity index (χ3n) is 3.07. The fourth-order valence-corrected chi connectivity index (χ4v) is 1.83. The molecule has 6 heteroatoms. The molecule has 0 spiro atoms. The Morgan fingerprint density at radius 2 is 2.26 bits per heavy atom. The van der Waals surface area contributed by atoms with E-state index >= 15 is 0 Å². The van der Waals surface area contributed by atoms with Gasteiger partial charge in [0, 0.05) is 20.1 Å². The summed E-state index contributed by atoms with van der Waals surface area (Å²) in [6.07, 6.45) is 6.66. The minimum Gasteiger partial charge on any atom is -0.354 e. The maximum atomic E-state index is 4.22. The molecular formula is C13H26N6. The van der Waals surface area contributed by atoms with Gasteiger partial charge in [0.1, 0.15) is 6.33 Å². The topological polar surface area (TPSA) is 67.1 Å². The summed E-state index contributed by atoms with van der Waals surface area (Å²) in [5.74, 6) is 1.70. The van der Waals surface area contributed by atoms with Gasteiger partial charge in [-0.1, -0.05) is 26.2 Å². The van der Waals surface area contributed by atoms with E-state index in [0.29, 0.717) is 12.6 Å². The number of nitrogens with zero attached hydrogens (tertiary/aromatic N) is 4. The molecule has 0 saturated heterocycles. The average molecular weight is 266 g/mol. The van der Waals surface area contributed by atoms with Crippen molar-refractivity contribution in [1.82, 2.24) is 25.4 Å². The fraction of sp³-hybridized carbons (Fsp3) is 0.769. The van der Waals surface area contributed by atoms with Crippen molar-refractivity contribution in [3.63, 3.8) is 0 Å². The Morgan fingerprint density at radius 3 is 2.84 bits per heavy atom. The molecular weight excluding hydrogens is 240 g/mol. The van der Waals surface area contributed by atoms with Gasteiger partial charge in [0.15, 0.2) is 11.8 Å². The number of hydrogen-bond acceptors (Lipinski definition) is 3. The molecule has 0 aromatic carbocycles. The summed E-state index contributed by atoms with van der Waals surface area (Å²) in [6, 6.07) is 0.428. The van der Waals surface area contributed by atoms with E-state index in [-0.39, 0.29) is 0 Å². The molecule has 0 fully saturated rings. The Kier molecular flexibility index (Phi) is 6.92. The van der Waals surface area contributed by atoms with Crippen molar-refractivity contribution >= 4 is 5.96 Å². The zero-order chi connectivity index (χ0) is 14.1. The second kappa shape index (κ2) is 8.50. The van der Waals surface area contributed by atoms with Crippen LogP contribution in [0.3, 0.4) is 0 Å². The molecule has 0 aliphatic rings. The van der Waals surface area contributed by atoms with Crippen molar-refractivity contribution in [3.05, 3.63) is 12.2 Å². The first-order valence-corrected chi connectivity index (χ1v) is 6.97. The first kappa shape index (κ1) is 15.5. The molecule has 0 radical (unpaired) electrons. The van der Waals surface area contributed by atoms with E-state index in [1.807, 2.05) is 11.6 Å². The molecule has 0 amide bonds. The monoisotopic (exact) mass is 266 g/mol. The van der Waals surface area contributed by atoms with Crippen LogP contribution in [0.1, 0.15) is 45.4 Å². The lowest BCUT2D eigenvalue weighted by Crippen LogP contribution is -2.42. The Bertz CT molecular complexity index is 384. The second-order valence-electron chi connectivity index (χ2n) is 4.83. The van der Waals surface area contributed by atoms with Gasteiger partial charge >= 0.3 is 0 Å². The number of hydrogen-bond donors (Lipinski definition) is 2. The molecule has 1 atom stereocenters. The van der Waals surface area contributed by atoms with Gasteiger partial charge in [0.25, 0.3) is 0 Å². The lowest BCUT2D eigenvalue weighted by atomic mass is 10.1. The van der Waals surface area contributed by atoms with E-state index in [2.05, 4.69) is 39.7 Å². The van der Waals surface area contributed by atoms with E-state index < -0.39 is 0 Å². The molecule has 0 bridgehead atoms. The highest BCUT2D eigenvalue weighted by Gasteiger charge is 2.06. The zero-order valence-corrected chi connectivity index (χ0v) is 12.5. The lowest BCUT2D eigenvalue weighted by Gasteiger charge is -2.17. The normalized spacial score (nSPS) is 13.4. The highest BCUT2D eigenvalue weighted by Crippen LogP contribution is 2.02. The van der Waals surface area contributed by atoms with Crippen LogP contribution in [-0.2, 0) is 13.6 Å². The molecule has 2 N–H and O–H groups in total. The maximum Gasteiger partial charge on any atom is 0.191 e. The molecule has 1 rings (SSSR count). The molecule has 1 aromatic heterocycles. The predicted molar refractivity (Wildman–Crippen MR) is 77.9 cm³/mol. The summed E-state index contributed by atoms with van der Waals surface area (Å²) in [6.45, 7) is 5.03. The van der Waals surface area contributed by atoms with E-state index in [0.717, 1.165) is 11.8 Å². The van der Waals surface area contributed by atoms with E-state index in [4.69, 9.17) is 0 Å². The maximum absolute atomic E-state index is 4.22. The van der Waals surface area contributed by atoms with Gasteiger partial charge in [0.2, 0.25) is 0 Å². The SMILES string of the molecule is CCCCCC(C)NC(=NC)NCc1nncn1C. The molecule has 1 aromatic rings. The first-order chi connectivity index (χ1) is 9.17. The van der Waals surface area contributed by atoms with Crippen LogP contribution in [0.15, 0.2) is 11.3 Å². The van der Waals surface area contributed by atoms with E-state index in [1.165, 1.54) is 25.7 Å². The van der Waals surface area contributed by atoms with Crippen molar-refractivity contribution in [1.29, 1.82) is 0 Å². The molecule has 108 valence electrons. The van der Waals surface area contributed by atoms with Gasteiger partial charge in [0.05, 0.1) is 6.54 Å². The Balaban J connectivity index is 2.32. The number of nitrogens with one attached hydrogen (secondary N) is 2. The van der Waals surface area contributed by atoms with Crippen LogP contribution < -0.4 is 10.6 Å². The van der Waals surface area contributed by atoms with Gasteiger partial charge < -0.3 is 15.2 Å². The standard InChI is InChI=1S/C13H26N6/c1-5-6-7-8-11(2)17-13(14-3)15-9-12-18-16-10-19(12)4/h10-11H,5-9H2,1-4H3,(H2,14,15,17). The van der Waals surface area contributed by atoms with Crippen molar-refractivity contribution in [2.24, 2.45) is 12.0 Å². The predicted octanol–water partition coefficient (Wildman–Crippen LogP) is 1.45. The minimum absolute atomic E-state index is 0.428. The Labute approximate surface area is 115 Å². The van der Waals surface area contributed by atoms with Crippen LogP contribution in [-0.4, -0.2) is 33.8 Å². The average Bonchev–Trinajstić information content (AvgIpc) is 2.80. The second-order valence-corrected chi connectivity index (χ2v) is 4.83. The quantitative estimate of drug-likeness (QED) is 0.445. The van der Waals surface area contributed by atoms with E-state index in [1.54, 1.807) is 13.4 Å². The van der Waals surface area contributed by atoms with Crippen LogP contribution in [0.25, 0.3) is 0 Å². The summed E-state index contributed by atoms with van der Waals surface area (Å²) in [5.41, 5.74) is 0. The largest absolute Gasteiger partial charge is 0.354 e. The highest BCUT2D eigenvalue weighted by molar-refractivity contribution is 5.79. The van der Waals surface area contributed by atoms with Gasteiger partial charge in [-0.2, -0.15) is 0 Å². The smallest absolute Gasteiger partial charge is 0.191 e. The molecule has 1 heterocycles. The minimum atomic E-state index is 0.428. The number of guanidine groups is 1. The summed E-state index contributed by atoms with van der Waals surface area (Å²) < 4.78 is 1.89. The first-order valence-electron chi connectivity index (χ1n) is 6.97. The van der Waals surface area contributed by atoms with Crippen molar-refractivity contribution in [2.45, 2.75) is 52.1 Å². The van der Waals surface area contributed by atoms with Crippen molar-refractivity contribution in [2.75, 3.05) is 7.05 Å². The molecule has 1 unspecified atom stereocenters. The summed E-state index contributed by atoms with van der Waals surface area (Å²) >= 11 is 0. The lowest BCUT2D eigenvalue weighted by molar-refractivity contribution is 0.545. The molecule has 0 saturated carbocycles. The van der Waals surface area contributed by atoms with Crippen LogP contribution >= 0.6 is 0 Å². The molecule has 19 heavy (non-hydrogen) atoms. The van der Waals surface area contributed by atoms with Crippen LogP contribution in [0.4, 0.5) is 0 Å². The summed E-state index contributed by atoms with van der Waals surface area (Å²) in [5, 5.41) is 14.5. The molecule has 6 nitrogen and oxygen atoms in total. The Morgan fingerprint density at radius 1 is 1.47 bits per heavy atom. The number of unbranched alkanes of at least 4 members (excludes halogenated alkanes) is 2. The molecule has 0 aliphatic heterocycles. The summed E-state index contributed by atoms with van der Waals surface area (Å²) in [4.78, 5) is 4.22. The third-order valence-corrected chi connectivity index (χ3v) is 3.07. The van der Waals surface area contributed by atoms with Crippen molar-refractivity contribution < 1.29 is 0 Å². The third kappa shape index (κ3) is 5.72. The number of aromatic nitrogens is 3. The zero-order valence-electron chi connectivity index (χ0n) is 12.5. The van der Waals surface area contributed by atoms with Gasteiger partial charge in [-0.3, -0.25) is 4.99 Å². The highest BCUT2D eigenvalue weighted by atomic mass is 15.3. The van der Waals surface area contributed by atoms with Crippen LogP contribution in [0.5, 0.6) is 0 Å². The van der Waals surface area contributed by atoms with Crippen LogP contribution in [0, 0.1) is 0 Å². The Hall–Kier alpha value is -1.59. The number of aliphatic imine (C=N–C) groups is 1. The van der Waals surface area contributed by atoms with Gasteiger partial charge in [-0.05, 0) is 13.3 Å². The summed E-state index contributed by atoms with van der Waals surface area (Å²) in [7, 11) is 3.71. The number of rotatable bonds is 7. The fourth-order valence-electron chi connectivity index (χ4n) is 1.83. The van der Waals surface area contributed by atoms with Crippen LogP contribution in [0.2, 0.25) is 0 Å². The number of aryl methyl sites for hydroxylation is 1. The van der Waals surface area contributed by atoms with E-state index in [9.17, 15) is 0 Å². The van der Waals surface area contributed by atoms with Gasteiger partial charge in [-0.25, -0.2) is 0 Å².